The van der Waals surface area contributed by atoms with Crippen LogP contribution in [0.4, 0.5) is 0 Å². The molecule has 0 N–H and O–H groups in total. The van der Waals surface area contributed by atoms with Crippen molar-refractivity contribution >= 4 is 17.2 Å². The van der Waals surface area contributed by atoms with E-state index in [-0.39, 0.29) is 0 Å². The smallest absolute Gasteiger partial charge is 0.121 e. The zero-order valence-electron chi connectivity index (χ0n) is 9.14. The lowest BCUT2D eigenvalue weighted by Crippen LogP contribution is -1.92. The fourth-order valence-corrected chi connectivity index (χ4v) is 1.61. The second-order valence-electron chi connectivity index (χ2n) is 3.57. The van der Waals surface area contributed by atoms with E-state index in [9.17, 15) is 4.79 Å². The topological polar surface area (TPSA) is 39.2 Å². The Bertz CT molecular complexity index is 508. The third-order valence-corrected chi connectivity index (χ3v) is 2.48. The molecule has 2 rings (SSSR count). The van der Waals surface area contributed by atoms with Crippen molar-refractivity contribution in [2.75, 3.05) is 7.11 Å². The number of aryl methyl sites for hydroxylation is 1. The third kappa shape index (κ3) is 2.19. The molecule has 0 spiro atoms. The van der Waals surface area contributed by atoms with Crippen molar-refractivity contribution in [2.24, 2.45) is 0 Å². The van der Waals surface area contributed by atoms with Crippen molar-refractivity contribution in [3.63, 3.8) is 0 Å². The van der Waals surface area contributed by atoms with E-state index in [4.69, 9.17) is 4.74 Å². The highest BCUT2D eigenvalue weighted by molar-refractivity contribution is 5.80. The lowest BCUT2D eigenvalue weighted by Gasteiger charge is -2.03. The van der Waals surface area contributed by atoms with Gasteiger partial charge >= 0.3 is 0 Å². The quantitative estimate of drug-likeness (QED) is 0.735. The predicted octanol–water partition coefficient (Wildman–Crippen LogP) is 2.37. The van der Waals surface area contributed by atoms with E-state index >= 15 is 0 Å². The molecule has 1 aromatic heterocycles. The Balaban J connectivity index is 2.38. The Labute approximate surface area is 94.1 Å². The summed E-state index contributed by atoms with van der Waals surface area (Å²) in [6.45, 7) is 0. The van der Waals surface area contributed by atoms with Crippen LogP contribution in [0.2, 0.25) is 0 Å². The van der Waals surface area contributed by atoms with Gasteiger partial charge in [0.05, 0.1) is 12.6 Å². The zero-order valence-corrected chi connectivity index (χ0v) is 9.14. The van der Waals surface area contributed by atoms with Gasteiger partial charge in [0.2, 0.25) is 0 Å². The number of pyridine rings is 1. The predicted molar refractivity (Wildman–Crippen MR) is 62.7 cm³/mol. The molecule has 3 heteroatoms. The minimum absolute atomic E-state index is 0.516. The maximum Gasteiger partial charge on any atom is 0.121 e. The second kappa shape index (κ2) is 4.75. The van der Waals surface area contributed by atoms with Crippen molar-refractivity contribution < 1.29 is 9.53 Å². The van der Waals surface area contributed by atoms with E-state index in [1.807, 2.05) is 30.3 Å². The minimum atomic E-state index is 0.516. The number of aromatic nitrogens is 1. The number of hydrogen-bond acceptors (Lipinski definition) is 3. The standard InChI is InChI=1S/C13H13NO2/c1-16-12-7-5-10-4-6-11(3-2-8-15)14-13(10)9-12/h4-9H,2-3H2,1H3. The first-order valence-electron chi connectivity index (χ1n) is 5.21. The summed E-state index contributed by atoms with van der Waals surface area (Å²) >= 11 is 0. The first-order chi connectivity index (χ1) is 7.83. The van der Waals surface area contributed by atoms with Crippen LogP contribution in [-0.4, -0.2) is 18.4 Å². The van der Waals surface area contributed by atoms with Gasteiger partial charge in [0.15, 0.2) is 0 Å². The highest BCUT2D eigenvalue weighted by Crippen LogP contribution is 2.19. The van der Waals surface area contributed by atoms with Crippen LogP contribution in [0.25, 0.3) is 10.9 Å². The van der Waals surface area contributed by atoms with Crippen molar-refractivity contribution in [2.45, 2.75) is 12.8 Å². The molecule has 1 aromatic carbocycles. The Morgan fingerprint density at radius 2 is 2.12 bits per heavy atom. The van der Waals surface area contributed by atoms with Gasteiger partial charge in [0, 0.05) is 23.6 Å². The Hall–Kier alpha value is -1.90. The SMILES string of the molecule is COc1ccc2ccc(CCC=O)nc2c1. The molecule has 16 heavy (non-hydrogen) atoms. The largest absolute Gasteiger partial charge is 0.497 e. The van der Waals surface area contributed by atoms with Gasteiger partial charge in [-0.3, -0.25) is 4.98 Å². The maximum absolute atomic E-state index is 10.3. The number of hydrogen-bond donors (Lipinski definition) is 0. The molecule has 0 radical (unpaired) electrons. The van der Waals surface area contributed by atoms with Crippen LogP contribution >= 0.6 is 0 Å². The van der Waals surface area contributed by atoms with Crippen molar-refractivity contribution in [3.05, 3.63) is 36.0 Å². The number of aldehydes is 1. The van der Waals surface area contributed by atoms with E-state index in [2.05, 4.69) is 4.98 Å². The molecular weight excluding hydrogens is 202 g/mol. The summed E-state index contributed by atoms with van der Waals surface area (Å²) in [4.78, 5) is 14.8. The lowest BCUT2D eigenvalue weighted by atomic mass is 10.1. The van der Waals surface area contributed by atoms with Crippen molar-refractivity contribution in [1.82, 2.24) is 4.98 Å². The summed E-state index contributed by atoms with van der Waals surface area (Å²) in [6, 6.07) is 9.76. The second-order valence-corrected chi connectivity index (χ2v) is 3.57. The third-order valence-electron chi connectivity index (χ3n) is 2.48. The van der Waals surface area contributed by atoms with Gasteiger partial charge in [-0.25, -0.2) is 0 Å². The lowest BCUT2D eigenvalue weighted by molar-refractivity contribution is -0.107. The number of nitrogens with zero attached hydrogens (tertiary/aromatic N) is 1. The van der Waals surface area contributed by atoms with Crippen LogP contribution in [-0.2, 0) is 11.2 Å². The minimum Gasteiger partial charge on any atom is -0.497 e. The van der Waals surface area contributed by atoms with Gasteiger partial charge in [0.1, 0.15) is 12.0 Å². The molecule has 0 bridgehead atoms. The normalized spacial score (nSPS) is 10.3. The van der Waals surface area contributed by atoms with E-state index in [0.717, 1.165) is 28.6 Å². The molecule has 0 aliphatic heterocycles. The molecule has 0 aliphatic carbocycles. The number of carbonyl (C=O) groups is 1. The molecule has 0 saturated heterocycles. The molecular formula is C13H13NO2. The molecule has 0 amide bonds. The highest BCUT2D eigenvalue weighted by atomic mass is 16.5. The van der Waals surface area contributed by atoms with Gasteiger partial charge in [-0.15, -0.1) is 0 Å². The summed E-state index contributed by atoms with van der Waals surface area (Å²) in [5.74, 6) is 0.799. The number of benzene rings is 1. The monoisotopic (exact) mass is 215 g/mol. The van der Waals surface area contributed by atoms with Crippen molar-refractivity contribution in [3.8, 4) is 5.75 Å². The number of ether oxygens (including phenoxy) is 1. The number of fused-ring (bicyclic) bond motifs is 1. The fraction of sp³-hybridized carbons (Fsp3) is 0.231. The summed E-state index contributed by atoms with van der Waals surface area (Å²) in [6.07, 6.45) is 2.12. The summed E-state index contributed by atoms with van der Waals surface area (Å²) < 4.78 is 5.15. The molecule has 0 unspecified atom stereocenters. The van der Waals surface area contributed by atoms with Crippen LogP contribution in [0, 0.1) is 0 Å². The van der Waals surface area contributed by atoms with Crippen molar-refractivity contribution in [1.29, 1.82) is 0 Å². The molecule has 3 nitrogen and oxygen atoms in total. The molecule has 82 valence electrons. The number of rotatable bonds is 4. The molecule has 1 heterocycles. The molecule has 2 aromatic rings. The number of methoxy groups -OCH3 is 1. The average Bonchev–Trinajstić information content (AvgIpc) is 2.35. The van der Waals surface area contributed by atoms with Gasteiger partial charge in [0.25, 0.3) is 0 Å². The van der Waals surface area contributed by atoms with E-state index in [1.165, 1.54) is 0 Å². The van der Waals surface area contributed by atoms with Gasteiger partial charge in [-0.05, 0) is 24.6 Å². The van der Waals surface area contributed by atoms with Gasteiger partial charge < -0.3 is 9.53 Å². The molecule has 0 atom stereocenters. The molecule has 0 fully saturated rings. The zero-order chi connectivity index (χ0) is 11.4. The first-order valence-corrected chi connectivity index (χ1v) is 5.21. The van der Waals surface area contributed by atoms with Gasteiger partial charge in [-0.2, -0.15) is 0 Å². The van der Waals surface area contributed by atoms with Crippen LogP contribution in [0.3, 0.4) is 0 Å². The summed E-state index contributed by atoms with van der Waals surface area (Å²) in [5.41, 5.74) is 1.84. The molecule has 0 aliphatic rings. The Kier molecular flexibility index (Phi) is 3.15. The molecule has 0 saturated carbocycles. The Morgan fingerprint density at radius 1 is 1.31 bits per heavy atom. The fourth-order valence-electron chi connectivity index (χ4n) is 1.61. The van der Waals surface area contributed by atoms with E-state index in [1.54, 1.807) is 7.11 Å². The van der Waals surface area contributed by atoms with E-state index in [0.29, 0.717) is 12.8 Å². The van der Waals surface area contributed by atoms with Crippen LogP contribution in [0.1, 0.15) is 12.1 Å². The average molecular weight is 215 g/mol. The van der Waals surface area contributed by atoms with Crippen LogP contribution < -0.4 is 4.74 Å². The first kappa shape index (κ1) is 10.6. The number of carbonyl (C=O) groups excluding carboxylic acids is 1. The van der Waals surface area contributed by atoms with E-state index < -0.39 is 0 Å². The summed E-state index contributed by atoms with van der Waals surface area (Å²) in [7, 11) is 1.64. The van der Waals surface area contributed by atoms with Crippen LogP contribution in [0.15, 0.2) is 30.3 Å². The Morgan fingerprint density at radius 3 is 2.88 bits per heavy atom. The summed E-state index contributed by atoms with van der Waals surface area (Å²) in [5, 5.41) is 1.08. The highest BCUT2D eigenvalue weighted by Gasteiger charge is 2.00. The van der Waals surface area contributed by atoms with Gasteiger partial charge in [-0.1, -0.05) is 6.07 Å². The maximum atomic E-state index is 10.3. The van der Waals surface area contributed by atoms with Crippen LogP contribution in [0.5, 0.6) is 5.75 Å².